The van der Waals surface area contributed by atoms with E-state index in [0.717, 1.165) is 4.57 Å². The highest BCUT2D eigenvalue weighted by Gasteiger charge is 2.29. The van der Waals surface area contributed by atoms with Gasteiger partial charge < -0.3 is 9.47 Å². The first-order valence-corrected chi connectivity index (χ1v) is 8.54. The van der Waals surface area contributed by atoms with Crippen molar-refractivity contribution in [2.75, 3.05) is 7.05 Å². The van der Waals surface area contributed by atoms with Crippen LogP contribution in [0.15, 0.2) is 36.7 Å². The van der Waals surface area contributed by atoms with Crippen molar-refractivity contribution in [3.05, 3.63) is 58.9 Å². The molecule has 7 nitrogen and oxygen atoms in total. The zero-order valence-electron chi connectivity index (χ0n) is 15.0. The summed E-state index contributed by atoms with van der Waals surface area (Å²) in [6.07, 6.45) is -1.89. The molecular formula is C17H16ClF3N6O. The molecule has 0 spiro atoms. The molecule has 28 heavy (non-hydrogen) atoms. The van der Waals surface area contributed by atoms with Gasteiger partial charge in [0.25, 0.3) is 5.91 Å². The molecule has 0 aliphatic rings. The van der Waals surface area contributed by atoms with E-state index in [0.29, 0.717) is 16.4 Å². The van der Waals surface area contributed by atoms with E-state index in [1.165, 1.54) is 29.0 Å². The predicted molar refractivity (Wildman–Crippen MR) is 95.2 cm³/mol. The van der Waals surface area contributed by atoms with E-state index in [4.69, 9.17) is 11.6 Å². The lowest BCUT2D eigenvalue weighted by atomic mass is 10.2. The van der Waals surface area contributed by atoms with Gasteiger partial charge in [-0.15, -0.1) is 5.10 Å². The van der Waals surface area contributed by atoms with Crippen LogP contribution in [0.25, 0.3) is 5.69 Å². The third kappa shape index (κ3) is 4.33. The topological polar surface area (TPSA) is 68.8 Å². The minimum atomic E-state index is -4.38. The fourth-order valence-corrected chi connectivity index (χ4v) is 2.86. The molecule has 0 fully saturated rings. The molecule has 0 atom stereocenters. The van der Waals surface area contributed by atoms with E-state index in [1.54, 1.807) is 31.2 Å². The third-order valence-corrected chi connectivity index (χ3v) is 4.26. The largest absolute Gasteiger partial charge is 0.406 e. The van der Waals surface area contributed by atoms with Gasteiger partial charge in [0.1, 0.15) is 12.4 Å². The number of benzene rings is 1. The summed E-state index contributed by atoms with van der Waals surface area (Å²) >= 11 is 5.98. The summed E-state index contributed by atoms with van der Waals surface area (Å²) in [4.78, 5) is 17.9. The fraction of sp³-hybridized carbons (Fsp3) is 0.294. The van der Waals surface area contributed by atoms with Crippen molar-refractivity contribution in [2.45, 2.75) is 26.2 Å². The molecule has 0 saturated carbocycles. The SMILES string of the molecule is Cc1c(C(=O)N(C)Cc2nccn2CC(F)(F)F)nnn1-c1cccc(Cl)c1. The summed E-state index contributed by atoms with van der Waals surface area (Å²) in [6, 6.07) is 6.89. The Morgan fingerprint density at radius 2 is 2.07 bits per heavy atom. The van der Waals surface area contributed by atoms with Gasteiger partial charge in [-0.3, -0.25) is 4.79 Å². The molecule has 3 rings (SSSR count). The third-order valence-electron chi connectivity index (χ3n) is 4.03. The number of rotatable bonds is 5. The Morgan fingerprint density at radius 3 is 2.75 bits per heavy atom. The van der Waals surface area contributed by atoms with Gasteiger partial charge in [-0.1, -0.05) is 22.9 Å². The highest BCUT2D eigenvalue weighted by molar-refractivity contribution is 6.30. The Labute approximate surface area is 163 Å². The Kier molecular flexibility index (Phi) is 5.41. The van der Waals surface area contributed by atoms with Gasteiger partial charge in [-0.25, -0.2) is 9.67 Å². The lowest BCUT2D eigenvalue weighted by Gasteiger charge is -2.17. The first-order chi connectivity index (χ1) is 13.2. The van der Waals surface area contributed by atoms with Gasteiger partial charge in [0.05, 0.1) is 17.9 Å². The summed E-state index contributed by atoms with van der Waals surface area (Å²) in [6.45, 7) is 0.395. The van der Waals surface area contributed by atoms with Crippen molar-refractivity contribution in [2.24, 2.45) is 0 Å². The van der Waals surface area contributed by atoms with E-state index in [9.17, 15) is 18.0 Å². The molecule has 2 heterocycles. The standard InChI is InChI=1S/C17H16ClF3N6O/c1-11-15(23-24-27(11)13-5-3-4-12(18)8-13)16(28)25(2)9-14-22-6-7-26(14)10-17(19,20)21/h3-8H,9-10H2,1-2H3. The molecule has 0 N–H and O–H groups in total. The summed E-state index contributed by atoms with van der Waals surface area (Å²) in [7, 11) is 1.47. The second kappa shape index (κ2) is 7.63. The molecule has 148 valence electrons. The molecular weight excluding hydrogens is 397 g/mol. The maximum atomic E-state index is 12.7. The molecule has 0 radical (unpaired) electrons. The normalized spacial score (nSPS) is 11.6. The highest BCUT2D eigenvalue weighted by atomic mass is 35.5. The summed E-state index contributed by atoms with van der Waals surface area (Å²) in [5.41, 5.74) is 1.22. The molecule has 3 aromatic rings. The first kappa shape index (κ1) is 19.9. The first-order valence-electron chi connectivity index (χ1n) is 8.16. The highest BCUT2D eigenvalue weighted by Crippen LogP contribution is 2.20. The number of carbonyl (C=O) groups is 1. The predicted octanol–water partition coefficient (Wildman–Crippen LogP) is 3.26. The Balaban J connectivity index is 1.79. The molecule has 0 unspecified atom stereocenters. The van der Waals surface area contributed by atoms with Crippen LogP contribution in [0.3, 0.4) is 0 Å². The Bertz CT molecular complexity index is 997. The maximum Gasteiger partial charge on any atom is 0.406 e. The molecule has 11 heteroatoms. The zero-order chi connectivity index (χ0) is 20.5. The van der Waals surface area contributed by atoms with Crippen LogP contribution < -0.4 is 0 Å². The van der Waals surface area contributed by atoms with Crippen LogP contribution in [0.4, 0.5) is 13.2 Å². The second-order valence-corrected chi connectivity index (χ2v) is 6.60. The number of halogens is 4. The van der Waals surface area contributed by atoms with E-state index < -0.39 is 18.6 Å². The Morgan fingerprint density at radius 1 is 1.32 bits per heavy atom. The number of carbonyl (C=O) groups excluding carboxylic acids is 1. The van der Waals surface area contributed by atoms with Crippen LogP contribution in [-0.4, -0.2) is 48.6 Å². The fourth-order valence-electron chi connectivity index (χ4n) is 2.67. The molecule has 1 aromatic carbocycles. The van der Waals surface area contributed by atoms with E-state index >= 15 is 0 Å². The number of alkyl halides is 3. The van der Waals surface area contributed by atoms with Gasteiger partial charge in [0.15, 0.2) is 5.69 Å². The average molecular weight is 413 g/mol. The number of nitrogens with zero attached hydrogens (tertiary/aromatic N) is 6. The van der Waals surface area contributed by atoms with Gasteiger partial charge in [-0.05, 0) is 25.1 Å². The van der Waals surface area contributed by atoms with Crippen molar-refractivity contribution in [3.8, 4) is 5.69 Å². The summed E-state index contributed by atoms with van der Waals surface area (Å²) < 4.78 is 40.4. The van der Waals surface area contributed by atoms with Crippen molar-refractivity contribution in [1.82, 2.24) is 29.4 Å². The van der Waals surface area contributed by atoms with Crippen LogP contribution in [-0.2, 0) is 13.1 Å². The van der Waals surface area contributed by atoms with Crippen LogP contribution in [0.5, 0.6) is 0 Å². The lowest BCUT2D eigenvalue weighted by Crippen LogP contribution is -2.29. The molecule has 2 aromatic heterocycles. The minimum Gasteiger partial charge on any atom is -0.333 e. The number of imidazole rings is 1. The lowest BCUT2D eigenvalue weighted by molar-refractivity contribution is -0.141. The maximum absolute atomic E-state index is 12.7. The quantitative estimate of drug-likeness (QED) is 0.645. The summed E-state index contributed by atoms with van der Waals surface area (Å²) in [5.74, 6) is -0.361. The molecule has 1 amide bonds. The number of hydrogen-bond acceptors (Lipinski definition) is 4. The average Bonchev–Trinajstić information content (AvgIpc) is 3.19. The van der Waals surface area contributed by atoms with Crippen molar-refractivity contribution in [3.63, 3.8) is 0 Å². The molecule has 0 aliphatic carbocycles. The molecule has 0 saturated heterocycles. The van der Waals surface area contributed by atoms with Crippen LogP contribution in [0, 0.1) is 6.92 Å². The van der Waals surface area contributed by atoms with Gasteiger partial charge in [-0.2, -0.15) is 13.2 Å². The van der Waals surface area contributed by atoms with Crippen LogP contribution >= 0.6 is 11.6 Å². The van der Waals surface area contributed by atoms with Crippen LogP contribution in [0.1, 0.15) is 22.0 Å². The smallest absolute Gasteiger partial charge is 0.333 e. The second-order valence-electron chi connectivity index (χ2n) is 6.16. The van der Waals surface area contributed by atoms with Gasteiger partial charge in [0, 0.05) is 24.5 Å². The summed E-state index contributed by atoms with van der Waals surface area (Å²) in [5, 5.41) is 8.42. The zero-order valence-corrected chi connectivity index (χ0v) is 15.7. The number of aromatic nitrogens is 5. The van der Waals surface area contributed by atoms with Gasteiger partial charge >= 0.3 is 6.18 Å². The van der Waals surface area contributed by atoms with E-state index in [2.05, 4.69) is 15.3 Å². The van der Waals surface area contributed by atoms with Crippen molar-refractivity contribution < 1.29 is 18.0 Å². The molecule has 0 bridgehead atoms. The van der Waals surface area contributed by atoms with Crippen molar-refractivity contribution >= 4 is 17.5 Å². The van der Waals surface area contributed by atoms with Crippen molar-refractivity contribution in [1.29, 1.82) is 0 Å². The van der Waals surface area contributed by atoms with E-state index in [-0.39, 0.29) is 18.1 Å². The van der Waals surface area contributed by atoms with Crippen LogP contribution in [0.2, 0.25) is 5.02 Å². The Hall–Kier alpha value is -2.88. The molecule has 0 aliphatic heterocycles. The number of hydrogen-bond donors (Lipinski definition) is 0. The monoisotopic (exact) mass is 412 g/mol. The number of amides is 1. The minimum absolute atomic E-state index is 0.0939. The van der Waals surface area contributed by atoms with Gasteiger partial charge in [0.2, 0.25) is 0 Å². The van der Waals surface area contributed by atoms with E-state index in [1.807, 2.05) is 0 Å².